The van der Waals surface area contributed by atoms with Crippen LogP contribution in [0.5, 0.6) is 0 Å². The Hall–Kier alpha value is -6.11. The molecule has 53 heavy (non-hydrogen) atoms. The molecule has 2 saturated heterocycles. The predicted octanol–water partition coefficient (Wildman–Crippen LogP) is 4.29. The van der Waals surface area contributed by atoms with Crippen molar-refractivity contribution < 1.29 is 33.8 Å². The molecule has 0 radical (unpaired) electrons. The number of carbonyl (C=O) groups is 4. The van der Waals surface area contributed by atoms with Gasteiger partial charge in [0.05, 0.1) is 31.2 Å². The first-order chi connectivity index (χ1) is 25.7. The first-order valence-corrected chi connectivity index (χ1v) is 17.5. The van der Waals surface area contributed by atoms with Crippen LogP contribution >= 0.6 is 0 Å². The van der Waals surface area contributed by atoms with Gasteiger partial charge in [-0.05, 0) is 59.7 Å². The van der Waals surface area contributed by atoms with Crippen molar-refractivity contribution in [3.63, 3.8) is 0 Å². The third kappa shape index (κ3) is 8.35. The molecule has 2 fully saturated rings. The standard InChI is InChI=1S/C41H39N5O7/c47-32-21-34(45(24-32)37(49)19-26-7-3-1-4-8-26)39(51)43-30-15-11-28(12-16-30)36-23-42-41(53-36)29-13-17-31(18-14-29)44-40(52)35-22-33(48)25-46(35)38(50)20-27-9-5-2-6-10-27/h1-18,23,32-35,47-48H,19-22,24-25H2,(H,43,51)(H,44,52)/t32-,33-,34+,35+/m1/s1. The van der Waals surface area contributed by atoms with Crippen LogP contribution in [-0.2, 0) is 32.0 Å². The molecule has 12 nitrogen and oxygen atoms in total. The lowest BCUT2D eigenvalue weighted by Gasteiger charge is -2.24. The lowest BCUT2D eigenvalue weighted by molar-refractivity contribution is -0.136. The van der Waals surface area contributed by atoms with Gasteiger partial charge in [0, 0.05) is 48.4 Å². The van der Waals surface area contributed by atoms with Crippen LogP contribution in [0.1, 0.15) is 24.0 Å². The largest absolute Gasteiger partial charge is 0.436 e. The number of benzene rings is 4. The number of aliphatic hydroxyl groups excluding tert-OH is 2. The predicted molar refractivity (Wildman–Crippen MR) is 197 cm³/mol. The molecule has 4 N–H and O–H groups in total. The number of β-amino-alcohol motifs (C(OH)–C–C–N with tert-alkyl or cyclic N) is 2. The Kier molecular flexibility index (Phi) is 10.4. The molecule has 270 valence electrons. The molecule has 1 aromatic heterocycles. The molecule has 0 bridgehead atoms. The molecule has 0 unspecified atom stereocenters. The van der Waals surface area contributed by atoms with E-state index < -0.39 is 24.3 Å². The van der Waals surface area contributed by atoms with E-state index in [1.165, 1.54) is 9.80 Å². The Morgan fingerprint density at radius 1 is 0.623 bits per heavy atom. The average Bonchev–Trinajstić information content (AvgIpc) is 3.92. The van der Waals surface area contributed by atoms with E-state index in [2.05, 4.69) is 15.6 Å². The molecular weight excluding hydrogens is 674 g/mol. The van der Waals surface area contributed by atoms with Gasteiger partial charge in [-0.1, -0.05) is 60.7 Å². The highest BCUT2D eigenvalue weighted by Crippen LogP contribution is 2.29. The fourth-order valence-corrected chi connectivity index (χ4v) is 6.83. The maximum Gasteiger partial charge on any atom is 0.247 e. The number of likely N-dealkylation sites (tertiary alicyclic amines) is 2. The second-order valence-electron chi connectivity index (χ2n) is 13.4. The smallest absolute Gasteiger partial charge is 0.247 e. The van der Waals surface area contributed by atoms with Crippen molar-refractivity contribution in [1.82, 2.24) is 14.8 Å². The molecule has 2 aliphatic rings. The van der Waals surface area contributed by atoms with Crippen LogP contribution in [0.15, 0.2) is 120 Å². The quantitative estimate of drug-likeness (QED) is 0.167. The van der Waals surface area contributed by atoms with Gasteiger partial charge in [-0.3, -0.25) is 19.2 Å². The van der Waals surface area contributed by atoms with Gasteiger partial charge in [0.15, 0.2) is 5.76 Å². The van der Waals surface area contributed by atoms with Crippen molar-refractivity contribution in [3.05, 3.63) is 127 Å². The van der Waals surface area contributed by atoms with Crippen LogP contribution in [0.3, 0.4) is 0 Å². The van der Waals surface area contributed by atoms with Crippen molar-refractivity contribution >= 4 is 35.0 Å². The minimum Gasteiger partial charge on any atom is -0.436 e. The Balaban J connectivity index is 0.941. The molecule has 4 atom stereocenters. The van der Waals surface area contributed by atoms with Gasteiger partial charge in [0.25, 0.3) is 0 Å². The van der Waals surface area contributed by atoms with Crippen molar-refractivity contribution in [1.29, 1.82) is 0 Å². The summed E-state index contributed by atoms with van der Waals surface area (Å²) < 4.78 is 6.03. The topological polar surface area (TPSA) is 165 Å². The number of aromatic nitrogens is 1. The van der Waals surface area contributed by atoms with Gasteiger partial charge < -0.3 is 35.1 Å². The Bertz CT molecular complexity index is 1920. The Morgan fingerprint density at radius 2 is 1.06 bits per heavy atom. The zero-order valence-corrected chi connectivity index (χ0v) is 28.8. The Labute approximate surface area is 306 Å². The van der Waals surface area contributed by atoms with Crippen LogP contribution in [0.2, 0.25) is 0 Å². The van der Waals surface area contributed by atoms with E-state index in [0.29, 0.717) is 28.6 Å². The zero-order valence-electron chi connectivity index (χ0n) is 28.8. The summed E-state index contributed by atoms with van der Waals surface area (Å²) in [6.45, 7) is 0.213. The van der Waals surface area contributed by atoms with Crippen LogP contribution in [-0.4, -0.2) is 86.0 Å². The lowest BCUT2D eigenvalue weighted by atomic mass is 10.1. The van der Waals surface area contributed by atoms with Gasteiger partial charge in [0.2, 0.25) is 29.5 Å². The normalized spacial score (nSPS) is 19.6. The van der Waals surface area contributed by atoms with Gasteiger partial charge in [-0.2, -0.15) is 0 Å². The van der Waals surface area contributed by atoms with E-state index in [9.17, 15) is 29.4 Å². The summed E-state index contributed by atoms with van der Waals surface area (Å²) in [5.74, 6) is -0.298. The molecule has 0 aliphatic carbocycles. The summed E-state index contributed by atoms with van der Waals surface area (Å²) in [4.78, 5) is 59.8. The third-order valence-corrected chi connectivity index (χ3v) is 9.54. The number of oxazole rings is 1. The van der Waals surface area contributed by atoms with Crippen molar-refractivity contribution in [3.8, 4) is 22.8 Å². The van der Waals surface area contributed by atoms with Crippen molar-refractivity contribution in [2.24, 2.45) is 0 Å². The van der Waals surface area contributed by atoms with Crippen molar-refractivity contribution in [2.45, 2.75) is 50.0 Å². The maximum atomic E-state index is 13.2. The summed E-state index contributed by atoms with van der Waals surface area (Å²) in [6.07, 6.45) is 0.673. The number of hydrogen-bond donors (Lipinski definition) is 4. The number of anilines is 2. The number of carbonyl (C=O) groups excluding carboxylic acids is 4. The van der Waals surface area contributed by atoms with Gasteiger partial charge in [-0.15, -0.1) is 0 Å². The number of amides is 4. The summed E-state index contributed by atoms with van der Waals surface area (Å²) >= 11 is 0. The number of nitrogens with zero attached hydrogens (tertiary/aromatic N) is 3. The average molecular weight is 714 g/mol. The SMILES string of the molecule is O=C(Nc1ccc(-c2cnc(-c3ccc(NC(=O)[C@@H]4C[C@@H](O)CN4C(=O)Cc4ccccc4)cc3)o2)cc1)[C@@H]1C[C@@H](O)CN1C(=O)Cc1ccccc1. The van der Waals surface area contributed by atoms with E-state index >= 15 is 0 Å². The number of aliphatic hydroxyl groups is 2. The minimum atomic E-state index is -0.783. The highest BCUT2D eigenvalue weighted by atomic mass is 16.4. The molecule has 4 amide bonds. The summed E-state index contributed by atoms with van der Waals surface area (Å²) in [7, 11) is 0. The molecule has 3 heterocycles. The molecular formula is C41H39N5O7. The lowest BCUT2D eigenvalue weighted by Crippen LogP contribution is -2.43. The van der Waals surface area contributed by atoms with E-state index in [4.69, 9.17) is 4.42 Å². The highest BCUT2D eigenvalue weighted by Gasteiger charge is 2.40. The number of rotatable bonds is 10. The van der Waals surface area contributed by atoms with E-state index in [1.54, 1.807) is 54.7 Å². The van der Waals surface area contributed by atoms with Gasteiger partial charge in [0.1, 0.15) is 12.1 Å². The van der Waals surface area contributed by atoms with Gasteiger partial charge in [-0.25, -0.2) is 4.98 Å². The number of hydrogen-bond acceptors (Lipinski definition) is 8. The van der Waals surface area contributed by atoms with Crippen LogP contribution in [0.25, 0.3) is 22.8 Å². The molecule has 4 aromatic carbocycles. The fourth-order valence-electron chi connectivity index (χ4n) is 6.83. The molecule has 12 heteroatoms. The summed E-state index contributed by atoms with van der Waals surface area (Å²) in [5, 5.41) is 26.3. The molecule has 0 spiro atoms. The first-order valence-electron chi connectivity index (χ1n) is 17.5. The van der Waals surface area contributed by atoms with Crippen LogP contribution < -0.4 is 10.6 Å². The second kappa shape index (κ2) is 15.6. The third-order valence-electron chi connectivity index (χ3n) is 9.54. The van der Waals surface area contributed by atoms with E-state index in [-0.39, 0.29) is 62.4 Å². The molecule has 2 aliphatic heterocycles. The zero-order chi connectivity index (χ0) is 36.9. The van der Waals surface area contributed by atoms with E-state index in [0.717, 1.165) is 16.7 Å². The first kappa shape index (κ1) is 35.3. The molecule has 0 saturated carbocycles. The van der Waals surface area contributed by atoms with Crippen molar-refractivity contribution in [2.75, 3.05) is 23.7 Å². The van der Waals surface area contributed by atoms with Crippen LogP contribution in [0.4, 0.5) is 11.4 Å². The number of nitrogens with one attached hydrogen (secondary N) is 2. The fraction of sp³-hybridized carbons (Fsp3) is 0.244. The monoisotopic (exact) mass is 713 g/mol. The second-order valence-corrected chi connectivity index (χ2v) is 13.4. The molecule has 5 aromatic rings. The highest BCUT2D eigenvalue weighted by molar-refractivity contribution is 5.99. The van der Waals surface area contributed by atoms with E-state index in [1.807, 2.05) is 60.7 Å². The molecule has 7 rings (SSSR count). The summed E-state index contributed by atoms with van der Waals surface area (Å²) in [5.41, 5.74) is 4.14. The Morgan fingerprint density at radius 3 is 1.51 bits per heavy atom. The van der Waals surface area contributed by atoms with Gasteiger partial charge >= 0.3 is 0 Å². The minimum absolute atomic E-state index is 0.106. The van der Waals surface area contributed by atoms with Crippen LogP contribution in [0, 0.1) is 0 Å². The summed E-state index contributed by atoms with van der Waals surface area (Å²) in [6, 6.07) is 31.0. The maximum absolute atomic E-state index is 13.2.